The monoisotopic (exact) mass is 672 g/mol. The van der Waals surface area contributed by atoms with Gasteiger partial charge in [-0.05, 0) is 51.9 Å². The molecule has 0 aliphatic rings. The fourth-order valence-electron chi connectivity index (χ4n) is 4.54. The molecule has 8 atom stereocenters. The summed E-state index contributed by atoms with van der Waals surface area (Å²) in [5.41, 5.74) is 4.46. The molecule has 0 saturated heterocycles. The van der Waals surface area contributed by atoms with Gasteiger partial charge in [-0.3, -0.25) is 24.0 Å². The van der Waals surface area contributed by atoms with E-state index in [1.807, 2.05) is 27.7 Å². The van der Waals surface area contributed by atoms with Crippen molar-refractivity contribution in [3.05, 3.63) is 0 Å². The van der Waals surface area contributed by atoms with Gasteiger partial charge in [-0.15, -0.1) is 0 Å². The topological polar surface area (TPSA) is 238 Å². The lowest BCUT2D eigenvalue weighted by molar-refractivity contribution is -0.134. The molecule has 9 N–H and O–H groups in total. The van der Waals surface area contributed by atoms with Crippen molar-refractivity contribution in [3.8, 4) is 0 Å². The third-order valence-electron chi connectivity index (χ3n) is 7.50. The summed E-state index contributed by atoms with van der Waals surface area (Å²) in [6.07, 6.45) is -2.70. The molecule has 0 aliphatic carbocycles. The van der Waals surface area contributed by atoms with Crippen molar-refractivity contribution in [2.24, 2.45) is 23.5 Å². The van der Waals surface area contributed by atoms with E-state index in [1.165, 1.54) is 6.92 Å². The van der Waals surface area contributed by atoms with Crippen LogP contribution in [0.3, 0.4) is 0 Å². The van der Waals surface area contributed by atoms with E-state index in [1.54, 1.807) is 34.6 Å². The Morgan fingerprint density at radius 2 is 1.26 bits per heavy atom. The Hall–Kier alpha value is -3.46. The van der Waals surface area contributed by atoms with Gasteiger partial charge in [0.2, 0.25) is 29.5 Å². The van der Waals surface area contributed by atoms with Crippen LogP contribution in [-0.2, 0) is 28.7 Å². The van der Waals surface area contributed by atoms with Crippen LogP contribution < -0.4 is 32.3 Å². The minimum atomic E-state index is -1.40. The highest BCUT2D eigenvalue weighted by molar-refractivity contribution is 5.93. The third kappa shape index (κ3) is 17.9. The summed E-state index contributed by atoms with van der Waals surface area (Å²) < 4.78 is 5.33. The molecule has 0 heterocycles. The van der Waals surface area contributed by atoms with Gasteiger partial charge in [0.15, 0.2) is 0 Å². The van der Waals surface area contributed by atoms with Crippen LogP contribution in [0.5, 0.6) is 0 Å². The van der Waals surface area contributed by atoms with E-state index in [2.05, 4.69) is 26.6 Å². The molecule has 0 saturated carbocycles. The molecule has 0 aliphatic heterocycles. The molecule has 0 bridgehead atoms. The molecule has 15 heteroatoms. The Morgan fingerprint density at radius 3 is 1.70 bits per heavy atom. The number of nitrogens with two attached hydrogens (primary N) is 1. The highest BCUT2D eigenvalue weighted by atomic mass is 16.6. The number of aliphatic hydroxyl groups is 2. The van der Waals surface area contributed by atoms with Crippen molar-refractivity contribution in [2.45, 2.75) is 143 Å². The number of amides is 6. The zero-order valence-corrected chi connectivity index (χ0v) is 29.8. The first-order chi connectivity index (χ1) is 21.6. The van der Waals surface area contributed by atoms with Crippen LogP contribution in [0.1, 0.15) is 101 Å². The summed E-state index contributed by atoms with van der Waals surface area (Å²) in [5.74, 6) is -4.14. The van der Waals surface area contributed by atoms with E-state index >= 15 is 0 Å². The van der Waals surface area contributed by atoms with Crippen LogP contribution in [-0.4, -0.2) is 94.4 Å². The van der Waals surface area contributed by atoms with Gasteiger partial charge in [0.05, 0.1) is 31.1 Å². The Bertz CT molecular complexity index is 1050. The summed E-state index contributed by atoms with van der Waals surface area (Å²) in [4.78, 5) is 76.6. The average Bonchev–Trinajstić information content (AvgIpc) is 2.94. The first-order valence-corrected chi connectivity index (χ1v) is 16.4. The molecular weight excluding hydrogens is 612 g/mol. The average molecular weight is 673 g/mol. The molecular formula is C32H60N6O9. The second kappa shape index (κ2) is 20.7. The fourth-order valence-corrected chi connectivity index (χ4v) is 4.54. The number of carbonyl (C=O) groups is 6. The second-order valence-electron chi connectivity index (χ2n) is 13.8. The largest absolute Gasteiger partial charge is 0.444 e. The molecule has 0 aromatic carbocycles. The number of primary amides is 1. The lowest BCUT2D eigenvalue weighted by Gasteiger charge is -2.32. The molecule has 6 amide bonds. The van der Waals surface area contributed by atoms with Crippen molar-refractivity contribution in [1.29, 1.82) is 0 Å². The van der Waals surface area contributed by atoms with Gasteiger partial charge in [-0.25, -0.2) is 4.79 Å². The molecule has 0 aromatic rings. The first kappa shape index (κ1) is 43.5. The van der Waals surface area contributed by atoms with Crippen LogP contribution in [0, 0.1) is 17.8 Å². The van der Waals surface area contributed by atoms with E-state index in [4.69, 9.17) is 10.5 Å². The van der Waals surface area contributed by atoms with E-state index in [-0.39, 0.29) is 30.7 Å². The normalized spacial score (nSPS) is 16.7. The number of rotatable bonds is 20. The summed E-state index contributed by atoms with van der Waals surface area (Å²) in [6.45, 7) is 17.5. The Kier molecular flexibility index (Phi) is 19.2. The summed E-state index contributed by atoms with van der Waals surface area (Å²) in [7, 11) is 0. The molecule has 47 heavy (non-hydrogen) atoms. The van der Waals surface area contributed by atoms with Gasteiger partial charge in [-0.1, -0.05) is 54.4 Å². The Balaban J connectivity index is 5.91. The van der Waals surface area contributed by atoms with E-state index in [9.17, 15) is 39.0 Å². The smallest absolute Gasteiger partial charge is 0.408 e. The number of ether oxygens (including phenoxy) is 1. The zero-order valence-electron chi connectivity index (χ0n) is 29.8. The lowest BCUT2D eigenvalue weighted by Crippen LogP contribution is -2.59. The van der Waals surface area contributed by atoms with Crippen LogP contribution in [0.2, 0.25) is 0 Å². The number of alkyl carbamates (subject to hydrolysis) is 1. The molecule has 272 valence electrons. The summed E-state index contributed by atoms with van der Waals surface area (Å²) in [6, 6.07) is -4.27. The fraction of sp³-hybridized carbons (Fsp3) is 0.812. The van der Waals surface area contributed by atoms with Gasteiger partial charge >= 0.3 is 6.09 Å². The number of aliphatic hydroxyl groups excluding tert-OH is 2. The number of hydrogen-bond donors (Lipinski definition) is 8. The second-order valence-corrected chi connectivity index (χ2v) is 13.8. The third-order valence-corrected chi connectivity index (χ3v) is 7.50. The van der Waals surface area contributed by atoms with Gasteiger partial charge in [0.25, 0.3) is 0 Å². The summed E-state index contributed by atoms with van der Waals surface area (Å²) in [5, 5.41) is 33.5. The minimum absolute atomic E-state index is 0.0173. The summed E-state index contributed by atoms with van der Waals surface area (Å²) >= 11 is 0. The minimum Gasteiger partial charge on any atom is -0.444 e. The van der Waals surface area contributed by atoms with Crippen LogP contribution in [0.25, 0.3) is 0 Å². The molecule has 0 fully saturated rings. The molecule has 0 radical (unpaired) electrons. The maximum Gasteiger partial charge on any atom is 0.408 e. The van der Waals surface area contributed by atoms with Crippen molar-refractivity contribution in [2.75, 3.05) is 6.54 Å². The van der Waals surface area contributed by atoms with Crippen LogP contribution in [0.15, 0.2) is 0 Å². The van der Waals surface area contributed by atoms with Gasteiger partial charge in [0.1, 0.15) is 23.7 Å². The molecule has 3 unspecified atom stereocenters. The molecule has 0 spiro atoms. The van der Waals surface area contributed by atoms with Crippen LogP contribution >= 0.6 is 0 Å². The molecule has 0 aromatic heterocycles. The number of hydrogen-bond acceptors (Lipinski definition) is 9. The van der Waals surface area contributed by atoms with Gasteiger partial charge < -0.3 is 47.3 Å². The number of carbonyl (C=O) groups excluding carboxylic acids is 6. The SMILES string of the molecule is CCC(C)[C@H](NC(=O)OC(C)(C)C)C(=O)N[C@H](C(=O)N[C@@H](CC(C)C)C(O)CC(=O)N[C@@H](CC(N)=O)C(=O)NC[C@H](C)O)C(C)CC. The van der Waals surface area contributed by atoms with Crippen molar-refractivity contribution in [3.63, 3.8) is 0 Å². The van der Waals surface area contributed by atoms with Crippen molar-refractivity contribution < 1.29 is 43.7 Å². The lowest BCUT2D eigenvalue weighted by atomic mass is 9.93. The highest BCUT2D eigenvalue weighted by Gasteiger charge is 2.35. The number of nitrogens with one attached hydrogen (secondary N) is 5. The Labute approximate surface area is 279 Å². The standard InChI is InChI=1S/C32H60N6O9/c1-11-18(5)26(37-30(45)27(19(6)12-2)38-31(46)47-32(8,9)10)29(44)36-21(13-17(3)4)23(40)15-25(42)35-22(14-24(33)41)28(43)34-16-20(7)39/h17-23,26-27,39-40H,11-16H2,1-10H3,(H2,33,41)(H,34,43)(H,35,42)(H,36,44)(H,37,45)(H,38,46)/t18?,19?,20-,21-,22-,23?,26-,27-/m0/s1. The highest BCUT2D eigenvalue weighted by Crippen LogP contribution is 2.16. The van der Waals surface area contributed by atoms with E-state index in [0.29, 0.717) is 12.8 Å². The van der Waals surface area contributed by atoms with Crippen molar-refractivity contribution in [1.82, 2.24) is 26.6 Å². The van der Waals surface area contributed by atoms with Gasteiger partial charge in [-0.2, -0.15) is 0 Å². The predicted octanol–water partition coefficient (Wildman–Crippen LogP) is 0.596. The maximum absolute atomic E-state index is 13.7. The molecule has 0 rings (SSSR count). The zero-order chi connectivity index (χ0) is 36.6. The van der Waals surface area contributed by atoms with Crippen molar-refractivity contribution >= 4 is 35.6 Å². The Morgan fingerprint density at radius 1 is 0.745 bits per heavy atom. The van der Waals surface area contributed by atoms with Gasteiger partial charge in [0, 0.05) is 6.54 Å². The maximum atomic E-state index is 13.7. The first-order valence-electron chi connectivity index (χ1n) is 16.4. The van der Waals surface area contributed by atoms with E-state index in [0.717, 1.165) is 0 Å². The quantitative estimate of drug-likeness (QED) is 0.0902. The van der Waals surface area contributed by atoms with E-state index < -0.39 is 90.4 Å². The molecule has 15 nitrogen and oxygen atoms in total. The van der Waals surface area contributed by atoms with Crippen LogP contribution in [0.4, 0.5) is 4.79 Å². The predicted molar refractivity (Wildman–Crippen MR) is 176 cm³/mol.